The molecule has 1 saturated carbocycles. The molecule has 154 valence electrons. The summed E-state index contributed by atoms with van der Waals surface area (Å²) in [5, 5.41) is 0. The molecule has 2 aliphatic rings. The van der Waals surface area contributed by atoms with Gasteiger partial charge >= 0.3 is 6.09 Å². The van der Waals surface area contributed by atoms with Crippen molar-refractivity contribution in [3.8, 4) is 0 Å². The zero-order chi connectivity index (χ0) is 20.3. The van der Waals surface area contributed by atoms with E-state index >= 15 is 0 Å². The van der Waals surface area contributed by atoms with Crippen LogP contribution in [0, 0.1) is 0 Å². The topological polar surface area (TPSA) is 62.7 Å². The lowest BCUT2D eigenvalue weighted by Crippen LogP contribution is -2.45. The predicted molar refractivity (Wildman–Crippen MR) is 109 cm³/mol. The normalized spacial score (nSPS) is 20.9. The van der Waals surface area contributed by atoms with Crippen LogP contribution in [0.25, 0.3) is 0 Å². The Balaban J connectivity index is 2.00. The van der Waals surface area contributed by atoms with Crippen LogP contribution in [0.5, 0.6) is 0 Å². The third-order valence-corrected chi connectivity index (χ3v) is 5.59. The summed E-state index contributed by atoms with van der Waals surface area (Å²) in [6.45, 7) is 8.03. The van der Waals surface area contributed by atoms with Gasteiger partial charge in [0.15, 0.2) is 0 Å². The third kappa shape index (κ3) is 4.65. The Morgan fingerprint density at radius 1 is 1.14 bits per heavy atom. The number of amides is 2. The number of hydrogen-bond donors (Lipinski definition) is 0. The van der Waals surface area contributed by atoms with Crippen molar-refractivity contribution in [1.29, 1.82) is 0 Å². The van der Waals surface area contributed by atoms with E-state index in [1.165, 1.54) is 6.42 Å². The lowest BCUT2D eigenvalue weighted by Gasteiger charge is -2.37. The van der Waals surface area contributed by atoms with Gasteiger partial charge in [-0.1, -0.05) is 25.3 Å². The van der Waals surface area contributed by atoms with Crippen molar-refractivity contribution in [2.75, 3.05) is 11.4 Å². The molecule has 0 unspecified atom stereocenters. The molecule has 2 heterocycles. The molecule has 0 radical (unpaired) electrons. The van der Waals surface area contributed by atoms with Crippen molar-refractivity contribution >= 4 is 17.8 Å². The first-order valence-electron chi connectivity index (χ1n) is 10.5. The molecule has 2 amide bonds. The largest absolute Gasteiger partial charge is 0.443 e. The average molecular weight is 388 g/mol. The van der Waals surface area contributed by atoms with Crippen LogP contribution in [0.4, 0.5) is 10.6 Å². The van der Waals surface area contributed by atoms with E-state index < -0.39 is 5.60 Å². The number of pyridine rings is 1. The van der Waals surface area contributed by atoms with E-state index in [0.717, 1.165) is 50.6 Å². The quantitative estimate of drug-likeness (QED) is 0.744. The molecule has 3 rings (SSSR count). The Bertz CT molecular complexity index is 707. The Morgan fingerprint density at radius 3 is 2.50 bits per heavy atom. The Kier molecular flexibility index (Phi) is 6.26. The molecule has 0 spiro atoms. The predicted octanol–water partition coefficient (Wildman–Crippen LogP) is 4.84. The van der Waals surface area contributed by atoms with Crippen LogP contribution in [-0.2, 0) is 9.53 Å². The maximum atomic E-state index is 13.2. The molecule has 0 N–H and O–H groups in total. The van der Waals surface area contributed by atoms with Gasteiger partial charge in [-0.05, 0) is 52.5 Å². The fourth-order valence-corrected chi connectivity index (χ4v) is 4.40. The minimum absolute atomic E-state index is 0.0327. The van der Waals surface area contributed by atoms with E-state index in [9.17, 15) is 9.59 Å². The smallest absolute Gasteiger partial charge is 0.416 e. The van der Waals surface area contributed by atoms with Gasteiger partial charge < -0.3 is 9.64 Å². The maximum Gasteiger partial charge on any atom is 0.416 e. The molecule has 6 heteroatoms. The molecule has 1 aliphatic heterocycles. The third-order valence-electron chi connectivity index (χ3n) is 5.59. The van der Waals surface area contributed by atoms with E-state index in [4.69, 9.17) is 4.74 Å². The molecule has 1 aromatic heterocycles. The van der Waals surface area contributed by atoms with Crippen LogP contribution < -0.4 is 4.90 Å². The molecule has 1 aromatic rings. The van der Waals surface area contributed by atoms with Crippen molar-refractivity contribution in [2.24, 2.45) is 0 Å². The first-order chi connectivity index (χ1) is 13.3. The minimum atomic E-state index is -0.572. The molecule has 2 fully saturated rings. The number of carbonyl (C=O) groups excluding carboxylic acids is 2. The molecule has 1 saturated heterocycles. The molecule has 1 aliphatic carbocycles. The fourth-order valence-electron chi connectivity index (χ4n) is 4.40. The Labute approximate surface area is 168 Å². The zero-order valence-corrected chi connectivity index (χ0v) is 17.6. The summed E-state index contributed by atoms with van der Waals surface area (Å²) in [5.74, 6) is 0.723. The van der Waals surface area contributed by atoms with Crippen molar-refractivity contribution in [2.45, 2.75) is 90.3 Å². The highest BCUT2D eigenvalue weighted by atomic mass is 16.6. The van der Waals surface area contributed by atoms with Crippen molar-refractivity contribution in [1.82, 2.24) is 9.88 Å². The number of hydrogen-bond acceptors (Lipinski definition) is 4. The molecular formula is C22H33N3O3. The highest BCUT2D eigenvalue weighted by Gasteiger charge is 2.36. The number of carbonyl (C=O) groups is 2. The number of ether oxygens (including phenoxy) is 1. The number of rotatable bonds is 3. The van der Waals surface area contributed by atoms with Gasteiger partial charge in [-0.3, -0.25) is 9.69 Å². The summed E-state index contributed by atoms with van der Waals surface area (Å²) >= 11 is 0. The Morgan fingerprint density at radius 2 is 1.86 bits per heavy atom. The van der Waals surface area contributed by atoms with E-state index in [1.54, 1.807) is 18.0 Å². The lowest BCUT2D eigenvalue weighted by atomic mass is 9.93. The summed E-state index contributed by atoms with van der Waals surface area (Å²) in [6.07, 6.45) is 8.57. The van der Waals surface area contributed by atoms with Gasteiger partial charge in [-0.15, -0.1) is 0 Å². The van der Waals surface area contributed by atoms with Gasteiger partial charge in [0, 0.05) is 31.3 Å². The SMILES string of the molecule is CC(=O)N1CCC[C@@H]1c1cccnc1N(C(=O)OC(C)(C)C)C1CCCCC1. The monoisotopic (exact) mass is 387 g/mol. The average Bonchev–Trinajstić information content (AvgIpc) is 3.12. The molecule has 6 nitrogen and oxygen atoms in total. The van der Waals surface area contributed by atoms with Crippen molar-refractivity contribution in [3.05, 3.63) is 23.9 Å². The number of likely N-dealkylation sites (tertiary alicyclic amines) is 1. The number of anilines is 1. The second-order valence-corrected chi connectivity index (χ2v) is 8.93. The summed E-state index contributed by atoms with van der Waals surface area (Å²) < 4.78 is 5.77. The molecule has 28 heavy (non-hydrogen) atoms. The summed E-state index contributed by atoms with van der Waals surface area (Å²) in [4.78, 5) is 33.7. The van der Waals surface area contributed by atoms with Gasteiger partial charge in [0.25, 0.3) is 0 Å². The van der Waals surface area contributed by atoms with Crippen LogP contribution in [-0.4, -0.2) is 40.1 Å². The standard InChI is InChI=1S/C22H33N3O3/c1-16(26)24-15-9-13-19(24)18-12-8-14-23-20(18)25(17-10-6-5-7-11-17)21(27)28-22(2,3)4/h8,12,14,17,19H,5-7,9-11,13,15H2,1-4H3/t19-/m1/s1. The van der Waals surface area contributed by atoms with Crippen molar-refractivity contribution < 1.29 is 14.3 Å². The lowest BCUT2D eigenvalue weighted by molar-refractivity contribution is -0.129. The summed E-state index contributed by atoms with van der Waals surface area (Å²) in [5.41, 5.74) is 0.379. The van der Waals surface area contributed by atoms with E-state index in [-0.39, 0.29) is 24.1 Å². The Hall–Kier alpha value is -2.11. The second-order valence-electron chi connectivity index (χ2n) is 8.93. The zero-order valence-electron chi connectivity index (χ0n) is 17.6. The highest BCUT2D eigenvalue weighted by molar-refractivity contribution is 5.88. The molecule has 0 bridgehead atoms. The van der Waals surface area contributed by atoms with Gasteiger partial charge in [0.2, 0.25) is 5.91 Å². The van der Waals surface area contributed by atoms with Crippen LogP contribution >= 0.6 is 0 Å². The van der Waals surface area contributed by atoms with Gasteiger partial charge in [-0.2, -0.15) is 0 Å². The van der Waals surface area contributed by atoms with Crippen molar-refractivity contribution in [3.63, 3.8) is 0 Å². The molecule has 1 atom stereocenters. The van der Waals surface area contributed by atoms with Gasteiger partial charge in [0.1, 0.15) is 11.4 Å². The fraction of sp³-hybridized carbons (Fsp3) is 0.682. The highest BCUT2D eigenvalue weighted by Crippen LogP contribution is 2.38. The van der Waals surface area contributed by atoms with E-state index in [0.29, 0.717) is 5.82 Å². The summed E-state index contributed by atoms with van der Waals surface area (Å²) in [6, 6.07) is 3.96. The van der Waals surface area contributed by atoms with E-state index in [1.807, 2.05) is 37.8 Å². The second kappa shape index (κ2) is 8.50. The first kappa shape index (κ1) is 20.6. The van der Waals surface area contributed by atoms with Gasteiger partial charge in [0.05, 0.1) is 6.04 Å². The summed E-state index contributed by atoms with van der Waals surface area (Å²) in [7, 11) is 0. The number of nitrogens with zero attached hydrogens (tertiary/aromatic N) is 3. The number of aromatic nitrogens is 1. The van der Waals surface area contributed by atoms with Crippen LogP contribution in [0.2, 0.25) is 0 Å². The van der Waals surface area contributed by atoms with Crippen LogP contribution in [0.1, 0.15) is 84.2 Å². The molecular weight excluding hydrogens is 354 g/mol. The minimum Gasteiger partial charge on any atom is -0.443 e. The first-order valence-corrected chi connectivity index (χ1v) is 10.5. The molecule has 0 aromatic carbocycles. The van der Waals surface area contributed by atoms with Crippen LogP contribution in [0.3, 0.4) is 0 Å². The van der Waals surface area contributed by atoms with Gasteiger partial charge in [-0.25, -0.2) is 9.78 Å². The van der Waals surface area contributed by atoms with Crippen LogP contribution in [0.15, 0.2) is 18.3 Å². The van der Waals surface area contributed by atoms with E-state index in [2.05, 4.69) is 4.98 Å². The maximum absolute atomic E-state index is 13.2.